The Labute approximate surface area is 161 Å². The van der Waals surface area contributed by atoms with Gasteiger partial charge in [0.1, 0.15) is 0 Å². The fourth-order valence-electron chi connectivity index (χ4n) is 4.52. The van der Waals surface area contributed by atoms with Crippen molar-refractivity contribution in [3.8, 4) is 0 Å². The van der Waals surface area contributed by atoms with Gasteiger partial charge in [-0.15, -0.1) is 0 Å². The summed E-state index contributed by atoms with van der Waals surface area (Å²) in [6.07, 6.45) is 7.58. The topological polar surface area (TPSA) is 46.3 Å². The third kappa shape index (κ3) is 3.98. The third-order valence-electron chi connectivity index (χ3n) is 5.98. The smallest absolute Gasteiger partial charge is 0.221 e. The zero-order valence-electron chi connectivity index (χ0n) is 15.9. The lowest BCUT2D eigenvalue weighted by Crippen LogP contribution is -2.41. The number of hydrogen-bond acceptors (Lipinski definition) is 2. The van der Waals surface area contributed by atoms with Crippen LogP contribution in [0.4, 0.5) is 0 Å². The summed E-state index contributed by atoms with van der Waals surface area (Å²) in [4.78, 5) is 13.9. The van der Waals surface area contributed by atoms with Crippen molar-refractivity contribution in [1.82, 2.24) is 4.90 Å². The zero-order chi connectivity index (χ0) is 18.6. The number of carbonyl (C=O) groups is 1. The molecule has 1 aliphatic carbocycles. The van der Waals surface area contributed by atoms with Gasteiger partial charge in [0.2, 0.25) is 5.91 Å². The first-order valence-electron chi connectivity index (χ1n) is 10.1. The number of nitrogens with two attached hydrogens (primary N) is 1. The minimum absolute atomic E-state index is 0.0192. The first-order chi connectivity index (χ1) is 13.2. The lowest BCUT2D eigenvalue weighted by Gasteiger charge is -2.30. The molecule has 4 rings (SSSR count). The summed E-state index contributed by atoms with van der Waals surface area (Å²) in [5, 5.41) is 0. The quantitative estimate of drug-likeness (QED) is 0.901. The number of fused-ring (bicyclic) bond motifs is 2. The highest BCUT2D eigenvalue weighted by molar-refractivity contribution is 5.83. The molecule has 0 bridgehead atoms. The third-order valence-corrected chi connectivity index (χ3v) is 5.98. The highest BCUT2D eigenvalue weighted by atomic mass is 16.1. The van der Waals surface area contributed by atoms with Crippen LogP contribution >= 0.6 is 0 Å². The number of hydrogen-bond donors (Lipinski definition) is 1. The van der Waals surface area contributed by atoms with E-state index >= 15 is 0 Å². The Morgan fingerprint density at radius 2 is 1.67 bits per heavy atom. The average molecular weight is 361 g/mol. The Bertz CT molecular complexity index is 805. The summed E-state index contributed by atoms with van der Waals surface area (Å²) in [7, 11) is 0. The number of nitrogens with zero attached hydrogens (tertiary/aromatic N) is 1. The molecule has 27 heavy (non-hydrogen) atoms. The number of carbonyl (C=O) groups excluding carboxylic acids is 1. The van der Waals surface area contributed by atoms with E-state index in [1.54, 1.807) is 0 Å². The molecule has 1 unspecified atom stereocenters. The van der Waals surface area contributed by atoms with Crippen LogP contribution in [0, 0.1) is 5.92 Å². The van der Waals surface area contributed by atoms with Gasteiger partial charge in [0.05, 0.1) is 5.92 Å². The van der Waals surface area contributed by atoms with E-state index < -0.39 is 0 Å². The number of primary amides is 1. The fourth-order valence-corrected chi connectivity index (χ4v) is 4.52. The van der Waals surface area contributed by atoms with E-state index in [9.17, 15) is 4.79 Å². The standard InChI is InChI=1S/C24H28N2O/c25-24(27)20-9-5-15-26(17-20)16-6-12-23-21-10-3-1-7-18(21)13-14-19-8-2-4-11-22(19)23/h1-4,7-8,10-12,20H,5-6,9,13-17H2,(H2,25,27). The van der Waals surface area contributed by atoms with Gasteiger partial charge in [-0.05, 0) is 66.5 Å². The summed E-state index contributed by atoms with van der Waals surface area (Å²) in [6.45, 7) is 2.86. The van der Waals surface area contributed by atoms with Gasteiger partial charge in [-0.3, -0.25) is 4.79 Å². The molecule has 1 fully saturated rings. The van der Waals surface area contributed by atoms with Crippen LogP contribution < -0.4 is 5.73 Å². The molecule has 3 heteroatoms. The van der Waals surface area contributed by atoms with E-state index in [1.807, 2.05) is 0 Å². The van der Waals surface area contributed by atoms with Crippen molar-refractivity contribution in [2.45, 2.75) is 32.1 Å². The second-order valence-electron chi connectivity index (χ2n) is 7.76. The van der Waals surface area contributed by atoms with Gasteiger partial charge >= 0.3 is 0 Å². The molecule has 0 saturated carbocycles. The van der Waals surface area contributed by atoms with E-state index in [2.05, 4.69) is 59.5 Å². The minimum Gasteiger partial charge on any atom is -0.369 e. The van der Waals surface area contributed by atoms with Gasteiger partial charge in [-0.2, -0.15) is 0 Å². The average Bonchev–Trinajstić information content (AvgIpc) is 2.86. The van der Waals surface area contributed by atoms with Crippen molar-refractivity contribution in [3.63, 3.8) is 0 Å². The van der Waals surface area contributed by atoms with Crippen molar-refractivity contribution in [1.29, 1.82) is 0 Å². The summed E-state index contributed by atoms with van der Waals surface area (Å²) < 4.78 is 0. The highest BCUT2D eigenvalue weighted by Gasteiger charge is 2.23. The lowest BCUT2D eigenvalue weighted by molar-refractivity contribution is -0.123. The van der Waals surface area contributed by atoms with Gasteiger partial charge in [0.25, 0.3) is 0 Å². The van der Waals surface area contributed by atoms with Gasteiger partial charge in [-0.25, -0.2) is 0 Å². The molecule has 2 aromatic carbocycles. The largest absolute Gasteiger partial charge is 0.369 e. The van der Waals surface area contributed by atoms with E-state index in [0.717, 1.165) is 51.7 Å². The number of piperidine rings is 1. The molecule has 1 amide bonds. The Morgan fingerprint density at radius 1 is 1.04 bits per heavy atom. The number of benzene rings is 2. The number of rotatable bonds is 4. The Hall–Kier alpha value is -2.39. The van der Waals surface area contributed by atoms with Crippen LogP contribution in [0.15, 0.2) is 54.6 Å². The molecule has 1 atom stereocenters. The first-order valence-corrected chi connectivity index (χ1v) is 10.1. The van der Waals surface area contributed by atoms with Gasteiger partial charge < -0.3 is 10.6 Å². The molecule has 1 heterocycles. The van der Waals surface area contributed by atoms with E-state index in [4.69, 9.17) is 5.73 Å². The second kappa shape index (κ2) is 8.10. The lowest BCUT2D eigenvalue weighted by atomic mass is 9.93. The molecule has 1 saturated heterocycles. The van der Waals surface area contributed by atoms with Crippen LogP contribution in [0.3, 0.4) is 0 Å². The summed E-state index contributed by atoms with van der Waals surface area (Å²) in [5.41, 5.74) is 12.5. The van der Waals surface area contributed by atoms with Crippen molar-refractivity contribution in [3.05, 3.63) is 76.9 Å². The van der Waals surface area contributed by atoms with Crippen molar-refractivity contribution in [2.24, 2.45) is 11.7 Å². The Balaban J connectivity index is 1.56. The normalized spacial score (nSPS) is 19.7. The van der Waals surface area contributed by atoms with E-state index in [-0.39, 0.29) is 11.8 Å². The molecule has 0 aromatic heterocycles. The predicted octanol–water partition coefficient (Wildman–Crippen LogP) is 3.80. The van der Waals surface area contributed by atoms with Gasteiger partial charge in [0, 0.05) is 13.1 Å². The number of likely N-dealkylation sites (tertiary alicyclic amines) is 1. The van der Waals surface area contributed by atoms with Crippen molar-refractivity contribution in [2.75, 3.05) is 19.6 Å². The van der Waals surface area contributed by atoms with Crippen LogP contribution in [0.1, 0.15) is 41.5 Å². The molecule has 0 spiro atoms. The maximum Gasteiger partial charge on any atom is 0.221 e. The summed E-state index contributed by atoms with van der Waals surface area (Å²) >= 11 is 0. The molecule has 2 N–H and O–H groups in total. The van der Waals surface area contributed by atoms with Gasteiger partial charge in [0.15, 0.2) is 0 Å². The first kappa shape index (κ1) is 18.0. The van der Waals surface area contributed by atoms with E-state index in [1.165, 1.54) is 27.8 Å². The molecule has 1 aliphatic heterocycles. The molecular weight excluding hydrogens is 332 g/mol. The highest BCUT2D eigenvalue weighted by Crippen LogP contribution is 2.33. The SMILES string of the molecule is NC(=O)C1CCCN(CCC=C2c3ccccc3CCc3ccccc32)C1. The maximum atomic E-state index is 11.5. The predicted molar refractivity (Wildman–Crippen MR) is 110 cm³/mol. The van der Waals surface area contributed by atoms with Crippen LogP contribution in [0.2, 0.25) is 0 Å². The minimum atomic E-state index is -0.148. The number of amides is 1. The van der Waals surface area contributed by atoms with E-state index in [0.29, 0.717) is 0 Å². The monoisotopic (exact) mass is 360 g/mol. The molecule has 2 aromatic rings. The van der Waals surface area contributed by atoms with Gasteiger partial charge in [-0.1, -0.05) is 54.6 Å². The van der Waals surface area contributed by atoms with Crippen molar-refractivity contribution < 1.29 is 4.79 Å². The Kier molecular flexibility index (Phi) is 5.40. The zero-order valence-corrected chi connectivity index (χ0v) is 15.9. The fraction of sp³-hybridized carbons (Fsp3) is 0.375. The molecule has 0 radical (unpaired) electrons. The summed E-state index contributed by atoms with van der Waals surface area (Å²) in [6, 6.07) is 17.6. The summed E-state index contributed by atoms with van der Waals surface area (Å²) in [5.74, 6) is -0.129. The number of aryl methyl sites for hydroxylation is 2. The van der Waals surface area contributed by atoms with Crippen LogP contribution in [0.5, 0.6) is 0 Å². The molecule has 3 nitrogen and oxygen atoms in total. The molecular formula is C24H28N2O. The maximum absolute atomic E-state index is 11.5. The molecule has 2 aliphatic rings. The van der Waals surface area contributed by atoms with Crippen LogP contribution in [-0.4, -0.2) is 30.4 Å². The van der Waals surface area contributed by atoms with Crippen LogP contribution in [0.25, 0.3) is 5.57 Å². The Morgan fingerprint density at radius 3 is 2.30 bits per heavy atom. The molecule has 140 valence electrons. The second-order valence-corrected chi connectivity index (χ2v) is 7.76. The van der Waals surface area contributed by atoms with Crippen LogP contribution in [-0.2, 0) is 17.6 Å². The van der Waals surface area contributed by atoms with Crippen molar-refractivity contribution >= 4 is 11.5 Å².